The molecule has 0 fully saturated rings. The molecule has 0 bridgehead atoms. The lowest BCUT2D eigenvalue weighted by atomic mass is 10.2. The van der Waals surface area contributed by atoms with Crippen LogP contribution in [0.3, 0.4) is 0 Å². The van der Waals surface area contributed by atoms with Gasteiger partial charge in [-0.2, -0.15) is 0 Å². The lowest BCUT2D eigenvalue weighted by molar-refractivity contribution is 1.61. The van der Waals surface area contributed by atoms with E-state index in [4.69, 9.17) is 6.92 Å². The summed E-state index contributed by atoms with van der Waals surface area (Å²) < 4.78 is 0. The van der Waals surface area contributed by atoms with Gasteiger partial charge in [-0.3, -0.25) is 0 Å². The summed E-state index contributed by atoms with van der Waals surface area (Å²) in [5, 5.41) is 0. The zero-order valence-corrected chi connectivity index (χ0v) is 3.81. The topological polar surface area (TPSA) is 0 Å². The quantitative estimate of drug-likeness (QED) is 0.450. The average molecular weight is 88.1 g/mol. The van der Waals surface area contributed by atoms with E-state index in [-0.39, 0.29) is 0 Å². The van der Waals surface area contributed by atoms with Gasteiger partial charge in [0.25, 0.3) is 0 Å². The summed E-state index contributed by atoms with van der Waals surface area (Å²) in [7, 11) is 0. The van der Waals surface area contributed by atoms with E-state index in [1.807, 2.05) is 0 Å². The number of hydrogen-bond acceptors (Lipinski definition) is 0. The molecule has 0 aliphatic carbocycles. The maximum atomic E-state index is 6.98. The van der Waals surface area contributed by atoms with Gasteiger partial charge in [-0.15, -0.1) is 0 Å². The van der Waals surface area contributed by atoms with Crippen LogP contribution in [0.1, 0.15) is 5.56 Å². The van der Waals surface area contributed by atoms with Gasteiger partial charge in [0.05, 0.1) is 0 Å². The fourth-order valence-corrected chi connectivity index (χ4v) is 0.387. The molecule has 0 N–H and O–H groups in total. The molecule has 0 spiro atoms. The monoisotopic (exact) mass is 88.0 g/mol. The van der Waals surface area contributed by atoms with Crippen molar-refractivity contribution in [3.05, 3.63) is 42.8 Å². The SMILES string of the molecule is [C]c1cc[c]cc1. The molecule has 0 unspecified atom stereocenters. The van der Waals surface area contributed by atoms with Gasteiger partial charge in [-0.1, -0.05) is 24.3 Å². The Balaban J connectivity index is 3.02. The fraction of sp³-hybridized carbons (Fsp3) is 0. The van der Waals surface area contributed by atoms with Gasteiger partial charge in [-0.05, 0) is 11.6 Å². The van der Waals surface area contributed by atoms with Crippen LogP contribution in [-0.4, -0.2) is 0 Å². The van der Waals surface area contributed by atoms with E-state index in [9.17, 15) is 0 Å². The number of rotatable bonds is 0. The molecule has 1 rings (SSSR count). The number of benzene rings is 1. The normalized spacial score (nSPS) is 8.71. The van der Waals surface area contributed by atoms with Crippen molar-refractivity contribution in [3.63, 3.8) is 0 Å². The highest BCUT2D eigenvalue weighted by atomic mass is 13.8. The minimum Gasteiger partial charge on any atom is -0.0578 e. The molecule has 0 amide bonds. The number of hydrogen-bond donors (Lipinski definition) is 0. The van der Waals surface area contributed by atoms with E-state index in [1.165, 1.54) is 0 Å². The zero-order valence-electron chi connectivity index (χ0n) is 3.81. The van der Waals surface area contributed by atoms with Crippen LogP contribution >= 0.6 is 0 Å². The van der Waals surface area contributed by atoms with Crippen molar-refractivity contribution in [1.29, 1.82) is 0 Å². The van der Waals surface area contributed by atoms with Crippen LogP contribution in [-0.2, 0) is 0 Å². The molecule has 1 aromatic carbocycles. The highest BCUT2D eigenvalue weighted by Gasteiger charge is 1.73. The van der Waals surface area contributed by atoms with Crippen LogP contribution < -0.4 is 0 Å². The first kappa shape index (κ1) is 4.38. The lowest BCUT2D eigenvalue weighted by Gasteiger charge is -1.81. The molecule has 0 nitrogen and oxygen atoms in total. The summed E-state index contributed by atoms with van der Waals surface area (Å²) in [4.78, 5) is 0. The second-order valence-electron chi connectivity index (χ2n) is 1.29. The first-order chi connectivity index (χ1) is 3.39. The molecule has 7 heavy (non-hydrogen) atoms. The molecule has 0 saturated heterocycles. The molecule has 0 heterocycles. The van der Waals surface area contributed by atoms with Crippen molar-refractivity contribution in [3.8, 4) is 0 Å². The van der Waals surface area contributed by atoms with Gasteiger partial charge in [0.2, 0.25) is 0 Å². The summed E-state index contributed by atoms with van der Waals surface area (Å²) in [5.74, 6) is 0. The molecule has 0 aliphatic rings. The first-order valence-corrected chi connectivity index (χ1v) is 2.07. The second kappa shape index (κ2) is 1.78. The van der Waals surface area contributed by atoms with E-state index in [2.05, 4.69) is 6.07 Å². The molecule has 0 saturated carbocycles. The van der Waals surface area contributed by atoms with Crippen molar-refractivity contribution in [2.75, 3.05) is 0 Å². The Morgan fingerprint density at radius 1 is 1.29 bits per heavy atom. The van der Waals surface area contributed by atoms with Crippen LogP contribution in [0.25, 0.3) is 0 Å². The van der Waals surface area contributed by atoms with Crippen LogP contribution in [0.2, 0.25) is 0 Å². The summed E-state index contributed by atoms with van der Waals surface area (Å²) in [6.07, 6.45) is 0. The second-order valence-corrected chi connectivity index (χ2v) is 1.29. The maximum Gasteiger partial charge on any atom is 0.0299 e. The molecule has 1 aromatic rings. The summed E-state index contributed by atoms with van der Waals surface area (Å²) >= 11 is 0. The van der Waals surface area contributed by atoms with Crippen LogP contribution in [0.15, 0.2) is 24.3 Å². The van der Waals surface area contributed by atoms with E-state index in [0.29, 0.717) is 5.56 Å². The standard InChI is InChI=1S/C7H4/c1-7-5-3-2-4-6-7/h3-6H. The minimum atomic E-state index is 0.541. The van der Waals surface area contributed by atoms with Gasteiger partial charge >= 0.3 is 0 Å². The Bertz CT molecular complexity index is 130. The highest BCUT2D eigenvalue weighted by molar-refractivity contribution is 5.15. The van der Waals surface area contributed by atoms with Crippen molar-refractivity contribution in [2.24, 2.45) is 0 Å². The van der Waals surface area contributed by atoms with Crippen LogP contribution in [0, 0.1) is 13.0 Å². The van der Waals surface area contributed by atoms with Crippen molar-refractivity contribution in [2.45, 2.75) is 0 Å². The van der Waals surface area contributed by atoms with E-state index >= 15 is 0 Å². The van der Waals surface area contributed by atoms with Crippen LogP contribution in [0.4, 0.5) is 0 Å². The third-order valence-electron chi connectivity index (χ3n) is 0.718. The maximum absolute atomic E-state index is 6.98. The predicted molar refractivity (Wildman–Crippen MR) is 27.6 cm³/mol. The van der Waals surface area contributed by atoms with Crippen molar-refractivity contribution >= 4 is 0 Å². The van der Waals surface area contributed by atoms with Crippen LogP contribution in [0.5, 0.6) is 0 Å². The van der Waals surface area contributed by atoms with Gasteiger partial charge < -0.3 is 0 Å². The van der Waals surface area contributed by atoms with E-state index < -0.39 is 0 Å². The van der Waals surface area contributed by atoms with Gasteiger partial charge in [0, 0.05) is 6.92 Å². The smallest absolute Gasteiger partial charge is 0.0299 e. The van der Waals surface area contributed by atoms with Crippen molar-refractivity contribution < 1.29 is 0 Å². The van der Waals surface area contributed by atoms with E-state index in [0.717, 1.165) is 0 Å². The predicted octanol–water partition coefficient (Wildman–Crippen LogP) is 1.42. The minimum absolute atomic E-state index is 0.541. The molecular weight excluding hydrogens is 84.1 g/mol. The Morgan fingerprint density at radius 3 is 2.14 bits per heavy atom. The Kier molecular flexibility index (Phi) is 1.12. The third kappa shape index (κ3) is 1.04. The zero-order chi connectivity index (χ0) is 5.11. The third-order valence-corrected chi connectivity index (χ3v) is 0.718. The molecule has 0 atom stereocenters. The fourth-order valence-electron chi connectivity index (χ4n) is 0.387. The Hall–Kier alpha value is -0.780. The van der Waals surface area contributed by atoms with E-state index in [1.54, 1.807) is 24.3 Å². The van der Waals surface area contributed by atoms with Crippen molar-refractivity contribution in [1.82, 2.24) is 0 Å². The molecule has 32 valence electrons. The molecule has 0 aliphatic heterocycles. The Labute approximate surface area is 43.8 Å². The molecule has 0 heteroatoms. The summed E-state index contributed by atoms with van der Waals surface area (Å²) in [5.41, 5.74) is 0.541. The Morgan fingerprint density at radius 2 is 1.86 bits per heavy atom. The first-order valence-electron chi connectivity index (χ1n) is 2.07. The highest BCUT2D eigenvalue weighted by Crippen LogP contribution is 1.91. The lowest BCUT2D eigenvalue weighted by Crippen LogP contribution is -1.63. The molecule has 4 radical (unpaired) electrons. The summed E-state index contributed by atoms with van der Waals surface area (Å²) in [6.45, 7) is 6.98. The van der Waals surface area contributed by atoms with Gasteiger partial charge in [0.15, 0.2) is 0 Å². The molecular formula is C7H4. The van der Waals surface area contributed by atoms with Gasteiger partial charge in [-0.25, -0.2) is 0 Å². The van der Waals surface area contributed by atoms with Gasteiger partial charge in [0.1, 0.15) is 0 Å². The summed E-state index contributed by atoms with van der Waals surface area (Å²) in [6, 6.07) is 9.65. The molecule has 0 aromatic heterocycles. The largest absolute Gasteiger partial charge is 0.0578 e. The average Bonchev–Trinajstić information content (AvgIpc) is 1.69.